The normalized spacial score (nSPS) is 18.5. The number of hydrogen-bond donors (Lipinski definition) is 2. The number of para-hydroxylation sites is 1. The zero-order chi connectivity index (χ0) is 25.0. The number of nitrogens with one attached hydrogen (secondary N) is 2. The summed E-state index contributed by atoms with van der Waals surface area (Å²) in [6.07, 6.45) is 5.24. The summed E-state index contributed by atoms with van der Waals surface area (Å²) in [6.45, 7) is 13.5. The van der Waals surface area contributed by atoms with Gasteiger partial charge in [-0.25, -0.2) is 14.7 Å². The quantitative estimate of drug-likeness (QED) is 0.614. The molecule has 2 aliphatic rings. The standard InChI is InChI=1S/C27H38N6O2/c1-5-31(6-2)18-20-12-9-10-17-32(20)27(3,4)19-29-26(35)33-23-15-8-7-13-21(23)25(34)30-22-14-11-16-28-24(22)33/h7-8,11,13-16,20H,5-6,9-10,12,17-19H2,1-4H3,(H,29,35)(H,30,34). The van der Waals surface area contributed by atoms with Gasteiger partial charge in [0, 0.05) is 30.9 Å². The lowest BCUT2D eigenvalue weighted by atomic mass is 9.92. The number of pyridine rings is 1. The predicted octanol–water partition coefficient (Wildman–Crippen LogP) is 4.47. The highest BCUT2D eigenvalue weighted by molar-refractivity contribution is 6.16. The van der Waals surface area contributed by atoms with Crippen molar-refractivity contribution in [2.75, 3.05) is 42.9 Å². The van der Waals surface area contributed by atoms with Gasteiger partial charge in [-0.3, -0.25) is 9.69 Å². The number of likely N-dealkylation sites (N-methyl/N-ethyl adjacent to an activating group) is 1. The van der Waals surface area contributed by atoms with E-state index in [1.54, 1.807) is 36.5 Å². The first-order chi connectivity index (χ1) is 16.9. The van der Waals surface area contributed by atoms with E-state index in [0.29, 0.717) is 35.3 Å². The number of rotatable bonds is 7. The molecule has 0 aliphatic carbocycles. The molecule has 35 heavy (non-hydrogen) atoms. The van der Waals surface area contributed by atoms with Crippen LogP contribution in [0.1, 0.15) is 57.3 Å². The minimum Gasteiger partial charge on any atom is -0.336 e. The summed E-state index contributed by atoms with van der Waals surface area (Å²) in [4.78, 5) is 37.5. The van der Waals surface area contributed by atoms with Gasteiger partial charge in [-0.2, -0.15) is 0 Å². The van der Waals surface area contributed by atoms with E-state index in [9.17, 15) is 9.59 Å². The van der Waals surface area contributed by atoms with Crippen molar-refractivity contribution < 1.29 is 9.59 Å². The van der Waals surface area contributed by atoms with E-state index in [2.05, 4.69) is 53.1 Å². The second-order valence-corrected chi connectivity index (χ2v) is 9.98. The maximum Gasteiger partial charge on any atom is 0.327 e. The average Bonchev–Trinajstić information content (AvgIpc) is 3.00. The number of hydrogen-bond acceptors (Lipinski definition) is 5. The molecule has 2 N–H and O–H groups in total. The van der Waals surface area contributed by atoms with Crippen LogP contribution in [-0.4, -0.2) is 71.0 Å². The minimum atomic E-state index is -0.292. The molecule has 1 unspecified atom stereocenters. The van der Waals surface area contributed by atoms with Crippen molar-refractivity contribution in [3.63, 3.8) is 0 Å². The molecule has 1 aromatic carbocycles. The lowest BCUT2D eigenvalue weighted by molar-refractivity contribution is 0.0239. The molecule has 1 atom stereocenters. The van der Waals surface area contributed by atoms with Gasteiger partial charge < -0.3 is 15.5 Å². The molecule has 8 heteroatoms. The summed E-state index contributed by atoms with van der Waals surface area (Å²) in [5, 5.41) is 6.06. The third-order valence-corrected chi connectivity index (χ3v) is 7.28. The summed E-state index contributed by atoms with van der Waals surface area (Å²) in [5.41, 5.74) is 1.25. The first-order valence-electron chi connectivity index (χ1n) is 12.8. The van der Waals surface area contributed by atoms with E-state index in [4.69, 9.17) is 0 Å². The number of benzene rings is 1. The Kier molecular flexibility index (Phi) is 7.72. The number of piperidine rings is 1. The van der Waals surface area contributed by atoms with Gasteiger partial charge in [0.2, 0.25) is 0 Å². The van der Waals surface area contributed by atoms with Crippen molar-refractivity contribution in [1.29, 1.82) is 0 Å². The molecular weight excluding hydrogens is 440 g/mol. The highest BCUT2D eigenvalue weighted by Gasteiger charge is 2.36. The fourth-order valence-corrected chi connectivity index (χ4v) is 5.28. The minimum absolute atomic E-state index is 0.222. The van der Waals surface area contributed by atoms with Crippen LogP contribution in [0, 0.1) is 0 Å². The van der Waals surface area contributed by atoms with E-state index in [1.165, 1.54) is 24.2 Å². The van der Waals surface area contributed by atoms with Crippen LogP contribution in [0.15, 0.2) is 42.6 Å². The second-order valence-electron chi connectivity index (χ2n) is 9.98. The van der Waals surface area contributed by atoms with Gasteiger partial charge in [-0.1, -0.05) is 32.4 Å². The largest absolute Gasteiger partial charge is 0.336 e. The van der Waals surface area contributed by atoms with E-state index < -0.39 is 0 Å². The van der Waals surface area contributed by atoms with Crippen LogP contribution in [0.2, 0.25) is 0 Å². The summed E-state index contributed by atoms with van der Waals surface area (Å²) in [6, 6.07) is 10.8. The predicted molar refractivity (Wildman–Crippen MR) is 140 cm³/mol. The third-order valence-electron chi connectivity index (χ3n) is 7.28. The molecule has 1 fully saturated rings. The van der Waals surface area contributed by atoms with Crippen LogP contribution in [-0.2, 0) is 0 Å². The fraction of sp³-hybridized carbons (Fsp3) is 0.519. The van der Waals surface area contributed by atoms with Crippen LogP contribution < -0.4 is 15.5 Å². The molecule has 3 heterocycles. The molecule has 3 amide bonds. The van der Waals surface area contributed by atoms with E-state index in [-0.39, 0.29) is 17.5 Å². The summed E-state index contributed by atoms with van der Waals surface area (Å²) >= 11 is 0. The number of urea groups is 1. The Labute approximate surface area is 208 Å². The van der Waals surface area contributed by atoms with Crippen LogP contribution >= 0.6 is 0 Å². The number of nitrogens with zero attached hydrogens (tertiary/aromatic N) is 4. The Morgan fingerprint density at radius 3 is 2.71 bits per heavy atom. The van der Waals surface area contributed by atoms with E-state index in [0.717, 1.165) is 26.2 Å². The number of likely N-dealkylation sites (tertiary alicyclic amines) is 1. The lowest BCUT2D eigenvalue weighted by Gasteiger charge is -2.47. The van der Waals surface area contributed by atoms with Gasteiger partial charge in [0.15, 0.2) is 5.82 Å². The number of carbonyl (C=O) groups is 2. The number of anilines is 3. The highest BCUT2D eigenvalue weighted by Crippen LogP contribution is 2.36. The zero-order valence-corrected chi connectivity index (χ0v) is 21.4. The zero-order valence-electron chi connectivity index (χ0n) is 21.4. The molecule has 0 radical (unpaired) electrons. The maximum absolute atomic E-state index is 13.7. The molecular formula is C27H38N6O2. The molecule has 2 aliphatic heterocycles. The highest BCUT2D eigenvalue weighted by atomic mass is 16.2. The van der Waals surface area contributed by atoms with E-state index >= 15 is 0 Å². The first kappa shape index (κ1) is 25.1. The van der Waals surface area contributed by atoms with Crippen LogP contribution in [0.5, 0.6) is 0 Å². The number of fused-ring (bicyclic) bond motifs is 2. The van der Waals surface area contributed by atoms with Crippen molar-refractivity contribution >= 4 is 29.1 Å². The van der Waals surface area contributed by atoms with Gasteiger partial charge in [0.25, 0.3) is 5.91 Å². The topological polar surface area (TPSA) is 80.8 Å². The second kappa shape index (κ2) is 10.7. The van der Waals surface area contributed by atoms with Gasteiger partial charge in [-0.15, -0.1) is 0 Å². The Morgan fingerprint density at radius 1 is 1.17 bits per heavy atom. The average molecular weight is 479 g/mol. The van der Waals surface area contributed by atoms with Crippen LogP contribution in [0.25, 0.3) is 0 Å². The van der Waals surface area contributed by atoms with Gasteiger partial charge in [-0.05, 0) is 70.6 Å². The molecule has 4 rings (SSSR count). The molecule has 8 nitrogen and oxygen atoms in total. The van der Waals surface area contributed by atoms with Crippen molar-refractivity contribution in [2.45, 2.75) is 58.5 Å². The van der Waals surface area contributed by atoms with Crippen molar-refractivity contribution in [1.82, 2.24) is 20.1 Å². The Hall–Kier alpha value is -2.97. The van der Waals surface area contributed by atoms with Crippen molar-refractivity contribution in [2.24, 2.45) is 0 Å². The molecule has 2 aromatic rings. The Balaban J connectivity index is 1.56. The van der Waals surface area contributed by atoms with E-state index in [1.807, 2.05) is 6.07 Å². The smallest absolute Gasteiger partial charge is 0.327 e. The molecule has 0 saturated carbocycles. The van der Waals surface area contributed by atoms with Crippen molar-refractivity contribution in [3.8, 4) is 0 Å². The molecule has 1 aromatic heterocycles. The van der Waals surface area contributed by atoms with Gasteiger partial charge in [0.1, 0.15) is 0 Å². The maximum atomic E-state index is 13.7. The Morgan fingerprint density at radius 2 is 1.94 bits per heavy atom. The number of carbonyl (C=O) groups excluding carboxylic acids is 2. The van der Waals surface area contributed by atoms with Gasteiger partial charge >= 0.3 is 6.03 Å². The van der Waals surface area contributed by atoms with Crippen molar-refractivity contribution in [3.05, 3.63) is 48.2 Å². The summed E-state index contributed by atoms with van der Waals surface area (Å²) in [7, 11) is 0. The molecule has 188 valence electrons. The number of amides is 3. The Bertz CT molecular complexity index is 1050. The molecule has 1 saturated heterocycles. The summed E-state index contributed by atoms with van der Waals surface area (Å²) < 4.78 is 0. The molecule has 0 spiro atoms. The van der Waals surface area contributed by atoms with Crippen LogP contribution in [0.3, 0.4) is 0 Å². The van der Waals surface area contributed by atoms with Gasteiger partial charge in [0.05, 0.1) is 16.9 Å². The first-order valence-corrected chi connectivity index (χ1v) is 12.8. The number of aromatic nitrogens is 1. The lowest BCUT2D eigenvalue weighted by Crippen LogP contribution is -2.60. The summed E-state index contributed by atoms with van der Waals surface area (Å²) in [5.74, 6) is 0.163. The monoisotopic (exact) mass is 478 g/mol. The van der Waals surface area contributed by atoms with Crippen LogP contribution in [0.4, 0.5) is 22.0 Å². The SMILES string of the molecule is CCN(CC)CC1CCCCN1C(C)(C)CNC(=O)N1c2ccccc2C(=O)Nc2cccnc21. The molecule has 0 bridgehead atoms. The third kappa shape index (κ3) is 5.33. The fourth-order valence-electron chi connectivity index (χ4n) is 5.28.